The maximum atomic E-state index is 13.8. The van der Waals surface area contributed by atoms with Crippen LogP contribution in [-0.2, 0) is 15.7 Å². The van der Waals surface area contributed by atoms with Gasteiger partial charge in [-0.1, -0.05) is 24.3 Å². The molecule has 1 saturated heterocycles. The number of hydrogen-bond acceptors (Lipinski definition) is 4. The van der Waals surface area contributed by atoms with E-state index in [0.717, 1.165) is 24.1 Å². The molecule has 29 heavy (non-hydrogen) atoms. The quantitative estimate of drug-likeness (QED) is 0.569. The second-order valence-electron chi connectivity index (χ2n) is 6.45. The first-order valence-electron chi connectivity index (χ1n) is 8.68. The lowest BCUT2D eigenvalue weighted by Gasteiger charge is -2.24. The van der Waals surface area contributed by atoms with E-state index in [9.17, 15) is 27.2 Å². The van der Waals surface area contributed by atoms with Crippen molar-refractivity contribution < 1.29 is 36.6 Å². The first-order chi connectivity index (χ1) is 13.7. The highest BCUT2D eigenvalue weighted by Gasteiger charge is 2.44. The second-order valence-corrected chi connectivity index (χ2v) is 6.45. The molecule has 0 N–H and O–H groups in total. The number of ether oxygens (including phenoxy) is 2. The van der Waals surface area contributed by atoms with Crippen molar-refractivity contribution in [3.05, 3.63) is 65.5 Å². The number of rotatable bonds is 4. The molecule has 9 heteroatoms. The second kappa shape index (κ2) is 8.10. The molecule has 154 valence electrons. The predicted molar refractivity (Wildman–Crippen MR) is 93.7 cm³/mol. The monoisotopic (exact) mass is 411 g/mol. The van der Waals surface area contributed by atoms with Crippen molar-refractivity contribution in [2.24, 2.45) is 0 Å². The van der Waals surface area contributed by atoms with Gasteiger partial charge in [-0.05, 0) is 24.3 Å². The SMILES string of the molecule is COC(=O)[C@@H]1C[C@@H](Oc2ccccc2F)CN1C(=O)c1ccccc1C(F)(F)F. The average Bonchev–Trinajstić information content (AvgIpc) is 3.12. The number of esters is 1. The Bertz CT molecular complexity index is 915. The first kappa shape index (κ1) is 20.6. The van der Waals surface area contributed by atoms with Gasteiger partial charge in [0.2, 0.25) is 0 Å². The van der Waals surface area contributed by atoms with Gasteiger partial charge >= 0.3 is 12.1 Å². The summed E-state index contributed by atoms with van der Waals surface area (Å²) < 4.78 is 64.0. The summed E-state index contributed by atoms with van der Waals surface area (Å²) >= 11 is 0. The predicted octanol–water partition coefficient (Wildman–Crippen LogP) is 3.68. The summed E-state index contributed by atoms with van der Waals surface area (Å²) in [6.07, 6.45) is -5.57. The van der Waals surface area contributed by atoms with E-state index in [1.165, 1.54) is 30.3 Å². The minimum absolute atomic E-state index is 0.0407. The summed E-state index contributed by atoms with van der Waals surface area (Å²) in [7, 11) is 1.11. The van der Waals surface area contributed by atoms with Crippen LogP contribution in [0.4, 0.5) is 17.6 Å². The summed E-state index contributed by atoms with van der Waals surface area (Å²) in [6.45, 7) is -0.195. The molecule has 1 amide bonds. The van der Waals surface area contributed by atoms with E-state index >= 15 is 0 Å². The largest absolute Gasteiger partial charge is 0.485 e. The number of halogens is 4. The lowest BCUT2D eigenvalue weighted by molar-refractivity contribution is -0.145. The normalized spacial score (nSPS) is 19.1. The van der Waals surface area contributed by atoms with Gasteiger partial charge in [0.1, 0.15) is 12.1 Å². The Hall–Kier alpha value is -3.10. The smallest absolute Gasteiger partial charge is 0.417 e. The van der Waals surface area contributed by atoms with Gasteiger partial charge in [0, 0.05) is 6.42 Å². The summed E-state index contributed by atoms with van der Waals surface area (Å²) in [5.41, 5.74) is -1.69. The fraction of sp³-hybridized carbons (Fsp3) is 0.300. The van der Waals surface area contributed by atoms with Crippen molar-refractivity contribution in [1.29, 1.82) is 0 Å². The molecule has 0 bridgehead atoms. The van der Waals surface area contributed by atoms with Gasteiger partial charge in [-0.15, -0.1) is 0 Å². The first-order valence-corrected chi connectivity index (χ1v) is 8.68. The molecule has 0 aromatic heterocycles. The Kier molecular flexibility index (Phi) is 5.76. The molecule has 0 unspecified atom stereocenters. The Balaban J connectivity index is 1.89. The van der Waals surface area contributed by atoms with E-state index < -0.39 is 47.1 Å². The molecule has 2 aromatic carbocycles. The van der Waals surface area contributed by atoms with E-state index in [1.807, 2.05) is 0 Å². The summed E-state index contributed by atoms with van der Waals surface area (Å²) in [4.78, 5) is 26.0. The highest BCUT2D eigenvalue weighted by molar-refractivity contribution is 5.98. The number of para-hydroxylation sites is 1. The number of methoxy groups -OCH3 is 1. The fourth-order valence-electron chi connectivity index (χ4n) is 3.26. The molecule has 2 atom stereocenters. The number of carbonyl (C=O) groups is 2. The molecule has 1 fully saturated rings. The van der Waals surface area contributed by atoms with E-state index in [2.05, 4.69) is 4.74 Å². The zero-order valence-corrected chi connectivity index (χ0v) is 15.3. The average molecular weight is 411 g/mol. The van der Waals surface area contributed by atoms with Gasteiger partial charge in [0.25, 0.3) is 5.91 Å². The van der Waals surface area contributed by atoms with Crippen molar-refractivity contribution >= 4 is 11.9 Å². The summed E-state index contributed by atoms with van der Waals surface area (Å²) in [6, 6.07) is 8.76. The van der Waals surface area contributed by atoms with Crippen LogP contribution in [0.15, 0.2) is 48.5 Å². The maximum absolute atomic E-state index is 13.8. The third-order valence-corrected chi connectivity index (χ3v) is 4.59. The van der Waals surface area contributed by atoms with Crippen LogP contribution in [0, 0.1) is 5.82 Å². The molecular formula is C20H17F4NO4. The molecule has 5 nitrogen and oxygen atoms in total. The third-order valence-electron chi connectivity index (χ3n) is 4.59. The van der Waals surface area contributed by atoms with Crippen LogP contribution in [0.25, 0.3) is 0 Å². The number of amides is 1. The number of benzene rings is 2. The third kappa shape index (κ3) is 4.33. The zero-order chi connectivity index (χ0) is 21.2. The van der Waals surface area contributed by atoms with Gasteiger partial charge in [-0.3, -0.25) is 4.79 Å². The molecule has 0 aliphatic carbocycles. The number of hydrogen-bond donors (Lipinski definition) is 0. The number of likely N-dealkylation sites (tertiary alicyclic amines) is 1. The van der Waals surface area contributed by atoms with Crippen molar-refractivity contribution in [2.75, 3.05) is 13.7 Å². The van der Waals surface area contributed by atoms with Crippen LogP contribution in [-0.4, -0.2) is 42.6 Å². The number of carbonyl (C=O) groups excluding carboxylic acids is 2. The van der Waals surface area contributed by atoms with Gasteiger partial charge < -0.3 is 14.4 Å². The highest BCUT2D eigenvalue weighted by Crippen LogP contribution is 2.34. The molecule has 1 heterocycles. The lowest BCUT2D eigenvalue weighted by atomic mass is 10.1. The van der Waals surface area contributed by atoms with Crippen molar-refractivity contribution in [3.63, 3.8) is 0 Å². The fourth-order valence-corrected chi connectivity index (χ4v) is 3.26. The van der Waals surface area contributed by atoms with E-state index in [0.29, 0.717) is 0 Å². The van der Waals surface area contributed by atoms with Crippen molar-refractivity contribution in [2.45, 2.75) is 24.7 Å². The molecule has 0 radical (unpaired) electrons. The number of alkyl halides is 3. The highest BCUT2D eigenvalue weighted by atomic mass is 19.4. The van der Waals surface area contributed by atoms with Crippen LogP contribution in [0.1, 0.15) is 22.3 Å². The topological polar surface area (TPSA) is 55.8 Å². The summed E-state index contributed by atoms with van der Waals surface area (Å²) in [5.74, 6) is -2.48. The van der Waals surface area contributed by atoms with Gasteiger partial charge in [-0.25, -0.2) is 9.18 Å². The lowest BCUT2D eigenvalue weighted by Crippen LogP contribution is -2.42. The minimum atomic E-state index is -4.74. The van der Waals surface area contributed by atoms with Crippen LogP contribution < -0.4 is 4.74 Å². The van der Waals surface area contributed by atoms with Crippen LogP contribution in [0.2, 0.25) is 0 Å². The van der Waals surface area contributed by atoms with Crippen LogP contribution >= 0.6 is 0 Å². The molecule has 3 rings (SSSR count). The number of nitrogens with zero attached hydrogens (tertiary/aromatic N) is 1. The van der Waals surface area contributed by atoms with Gasteiger partial charge in [-0.2, -0.15) is 13.2 Å². The van der Waals surface area contributed by atoms with Gasteiger partial charge in [0.15, 0.2) is 11.6 Å². The Labute approximate surface area is 163 Å². The Morgan fingerprint density at radius 3 is 2.38 bits per heavy atom. The standard InChI is InChI=1S/C20H17F4NO4/c1-28-19(27)16-10-12(29-17-9-5-4-8-15(17)21)11-25(16)18(26)13-6-2-3-7-14(13)20(22,23)24/h2-9,12,16H,10-11H2,1H3/t12-,16+/m1/s1. The maximum Gasteiger partial charge on any atom is 0.417 e. The summed E-state index contributed by atoms with van der Waals surface area (Å²) in [5, 5.41) is 0. The van der Waals surface area contributed by atoms with E-state index in [1.54, 1.807) is 6.07 Å². The molecule has 0 spiro atoms. The van der Waals surface area contributed by atoms with E-state index in [-0.39, 0.29) is 18.7 Å². The molecule has 1 aliphatic heterocycles. The van der Waals surface area contributed by atoms with Crippen molar-refractivity contribution in [1.82, 2.24) is 4.90 Å². The Morgan fingerprint density at radius 1 is 1.07 bits per heavy atom. The van der Waals surface area contributed by atoms with Crippen LogP contribution in [0.3, 0.4) is 0 Å². The van der Waals surface area contributed by atoms with Crippen LogP contribution in [0.5, 0.6) is 5.75 Å². The molecule has 1 aliphatic rings. The molecular weight excluding hydrogens is 394 g/mol. The molecule has 0 saturated carbocycles. The van der Waals surface area contributed by atoms with E-state index in [4.69, 9.17) is 4.74 Å². The molecule has 2 aromatic rings. The Morgan fingerprint density at radius 2 is 1.72 bits per heavy atom. The van der Waals surface area contributed by atoms with Crippen molar-refractivity contribution in [3.8, 4) is 5.75 Å². The van der Waals surface area contributed by atoms with Gasteiger partial charge in [0.05, 0.1) is 24.8 Å². The zero-order valence-electron chi connectivity index (χ0n) is 15.3. The minimum Gasteiger partial charge on any atom is -0.485 e.